The molecule has 0 bridgehead atoms. The second kappa shape index (κ2) is 6.21. The number of nitrogens with one attached hydrogen (secondary N) is 2. The van der Waals surface area contributed by atoms with Gasteiger partial charge in [-0.25, -0.2) is 0 Å². The Morgan fingerprint density at radius 3 is 2.10 bits per heavy atom. The molecule has 0 fully saturated rings. The molecule has 0 aromatic heterocycles. The molecule has 0 spiro atoms. The van der Waals surface area contributed by atoms with Gasteiger partial charge in [0, 0.05) is 16.1 Å². The van der Waals surface area contributed by atoms with Gasteiger partial charge in [0.15, 0.2) is 0 Å². The number of hydrogen-bond donors (Lipinski definition) is 2. The van der Waals surface area contributed by atoms with Gasteiger partial charge in [-0.2, -0.15) is 0 Å². The number of rotatable bonds is 2. The topological polar surface area (TPSA) is 58.2 Å². The number of amides is 2. The molecule has 102 valence electrons. The van der Waals surface area contributed by atoms with Crippen LogP contribution in [0.25, 0.3) is 0 Å². The van der Waals surface area contributed by atoms with Crippen LogP contribution in [-0.2, 0) is 0 Å². The van der Waals surface area contributed by atoms with Gasteiger partial charge in [-0.15, -0.1) is 0 Å². The lowest BCUT2D eigenvalue weighted by atomic mass is 10.1. The third kappa shape index (κ3) is 3.36. The van der Waals surface area contributed by atoms with E-state index < -0.39 is 5.91 Å². The Kier molecular flexibility index (Phi) is 4.38. The van der Waals surface area contributed by atoms with Crippen LogP contribution in [-0.4, -0.2) is 11.8 Å². The molecule has 0 aliphatic heterocycles. The Bertz CT molecular complexity index is 642. The normalized spacial score (nSPS) is 9.90. The smallest absolute Gasteiger partial charge is 0.267 e. The fourth-order valence-corrected chi connectivity index (χ4v) is 1.76. The van der Waals surface area contributed by atoms with Gasteiger partial charge in [0.05, 0.1) is 0 Å². The van der Waals surface area contributed by atoms with Gasteiger partial charge >= 0.3 is 0 Å². The van der Waals surface area contributed by atoms with Crippen molar-refractivity contribution in [2.45, 2.75) is 6.92 Å². The molecule has 20 heavy (non-hydrogen) atoms. The third-order valence-electron chi connectivity index (χ3n) is 2.76. The van der Waals surface area contributed by atoms with Crippen LogP contribution in [0.3, 0.4) is 0 Å². The number of carbonyl (C=O) groups excluding carboxylic acids is 2. The highest BCUT2D eigenvalue weighted by molar-refractivity contribution is 6.31. The first-order valence-corrected chi connectivity index (χ1v) is 6.37. The molecule has 5 heteroatoms. The van der Waals surface area contributed by atoms with Gasteiger partial charge in [0.2, 0.25) is 0 Å². The molecular weight excluding hydrogens is 276 g/mol. The second-order valence-electron chi connectivity index (χ2n) is 4.24. The summed E-state index contributed by atoms with van der Waals surface area (Å²) in [6, 6.07) is 13.6. The summed E-state index contributed by atoms with van der Waals surface area (Å²) in [5.74, 6) is -0.798. The molecule has 0 atom stereocenters. The first-order chi connectivity index (χ1) is 9.58. The second-order valence-corrected chi connectivity index (χ2v) is 4.65. The lowest BCUT2D eigenvalue weighted by Gasteiger charge is -2.08. The Morgan fingerprint density at radius 2 is 1.50 bits per heavy atom. The highest BCUT2D eigenvalue weighted by Crippen LogP contribution is 2.16. The molecule has 2 N–H and O–H groups in total. The third-order valence-corrected chi connectivity index (χ3v) is 3.17. The SMILES string of the molecule is Cc1ccc(C(=O)NNC(=O)c2ccccc2)cc1Cl. The summed E-state index contributed by atoms with van der Waals surface area (Å²) < 4.78 is 0. The average Bonchev–Trinajstić information content (AvgIpc) is 2.48. The summed E-state index contributed by atoms with van der Waals surface area (Å²) in [6.45, 7) is 1.85. The van der Waals surface area contributed by atoms with E-state index in [9.17, 15) is 9.59 Å². The summed E-state index contributed by atoms with van der Waals surface area (Å²) in [7, 11) is 0. The molecule has 2 amide bonds. The van der Waals surface area contributed by atoms with Crippen LogP contribution >= 0.6 is 11.6 Å². The van der Waals surface area contributed by atoms with E-state index in [2.05, 4.69) is 10.9 Å². The van der Waals surface area contributed by atoms with Gasteiger partial charge < -0.3 is 0 Å². The Labute approximate surface area is 121 Å². The van der Waals surface area contributed by atoms with Crippen molar-refractivity contribution in [2.75, 3.05) is 0 Å². The summed E-state index contributed by atoms with van der Waals surface area (Å²) in [6.07, 6.45) is 0. The maximum atomic E-state index is 11.9. The summed E-state index contributed by atoms with van der Waals surface area (Å²) in [4.78, 5) is 23.6. The molecule has 4 nitrogen and oxygen atoms in total. The highest BCUT2D eigenvalue weighted by Gasteiger charge is 2.09. The fraction of sp³-hybridized carbons (Fsp3) is 0.0667. The number of hydrogen-bond acceptors (Lipinski definition) is 2. The maximum Gasteiger partial charge on any atom is 0.269 e. The molecule has 0 radical (unpaired) electrons. The molecule has 0 aliphatic rings. The van der Waals surface area contributed by atoms with Crippen molar-refractivity contribution in [3.63, 3.8) is 0 Å². The highest BCUT2D eigenvalue weighted by atomic mass is 35.5. The van der Waals surface area contributed by atoms with Crippen LogP contribution in [0.1, 0.15) is 26.3 Å². The zero-order valence-electron chi connectivity index (χ0n) is 10.8. The van der Waals surface area contributed by atoms with Crippen LogP contribution < -0.4 is 10.9 Å². The zero-order chi connectivity index (χ0) is 14.5. The molecule has 0 unspecified atom stereocenters. The Hall–Kier alpha value is -2.33. The van der Waals surface area contributed by atoms with Crippen LogP contribution in [0.5, 0.6) is 0 Å². The van der Waals surface area contributed by atoms with Gasteiger partial charge in [-0.1, -0.05) is 35.9 Å². The minimum absolute atomic E-state index is 0.378. The Morgan fingerprint density at radius 1 is 0.900 bits per heavy atom. The van der Waals surface area contributed by atoms with E-state index in [4.69, 9.17) is 11.6 Å². The first kappa shape index (κ1) is 14.1. The molecule has 0 heterocycles. The van der Waals surface area contributed by atoms with Crippen LogP contribution in [0.2, 0.25) is 5.02 Å². The molecular formula is C15H13ClN2O2. The lowest BCUT2D eigenvalue weighted by Crippen LogP contribution is -2.41. The number of benzene rings is 2. The molecule has 2 aromatic rings. The number of aryl methyl sites for hydroxylation is 1. The minimum atomic E-state index is -0.420. The minimum Gasteiger partial charge on any atom is -0.267 e. The summed E-state index contributed by atoms with van der Waals surface area (Å²) in [5, 5.41) is 0.507. The Balaban J connectivity index is 1.98. The zero-order valence-corrected chi connectivity index (χ0v) is 11.6. The largest absolute Gasteiger partial charge is 0.269 e. The molecule has 2 aromatic carbocycles. The van der Waals surface area contributed by atoms with Gasteiger partial charge in [0.1, 0.15) is 0 Å². The predicted octanol–water partition coefficient (Wildman–Crippen LogP) is 2.72. The van der Waals surface area contributed by atoms with Crippen LogP contribution in [0, 0.1) is 6.92 Å². The van der Waals surface area contributed by atoms with Gasteiger partial charge in [-0.3, -0.25) is 20.4 Å². The van der Waals surface area contributed by atoms with E-state index in [1.165, 1.54) is 0 Å². The van der Waals surface area contributed by atoms with Crippen molar-refractivity contribution < 1.29 is 9.59 Å². The maximum absolute atomic E-state index is 11.9. The van der Waals surface area contributed by atoms with Crippen LogP contribution in [0.4, 0.5) is 0 Å². The van der Waals surface area contributed by atoms with Crippen molar-refractivity contribution in [2.24, 2.45) is 0 Å². The van der Waals surface area contributed by atoms with Crippen molar-refractivity contribution in [1.29, 1.82) is 0 Å². The molecule has 0 aliphatic carbocycles. The predicted molar refractivity (Wildman–Crippen MR) is 77.6 cm³/mol. The molecule has 0 saturated carbocycles. The van der Waals surface area contributed by atoms with Crippen molar-refractivity contribution >= 4 is 23.4 Å². The van der Waals surface area contributed by atoms with Gasteiger partial charge in [-0.05, 0) is 36.8 Å². The van der Waals surface area contributed by atoms with Crippen molar-refractivity contribution in [3.05, 3.63) is 70.2 Å². The average molecular weight is 289 g/mol. The molecule has 0 saturated heterocycles. The number of carbonyl (C=O) groups is 2. The summed E-state index contributed by atoms with van der Waals surface area (Å²) in [5.41, 5.74) is 6.43. The van der Waals surface area contributed by atoms with E-state index in [1.54, 1.807) is 42.5 Å². The standard InChI is InChI=1S/C15H13ClN2O2/c1-10-7-8-12(9-13(10)16)15(20)18-17-14(19)11-5-3-2-4-6-11/h2-9H,1H3,(H,17,19)(H,18,20). The van der Waals surface area contributed by atoms with Crippen molar-refractivity contribution in [3.8, 4) is 0 Å². The quantitative estimate of drug-likeness (QED) is 0.835. The van der Waals surface area contributed by atoms with Gasteiger partial charge in [0.25, 0.3) is 11.8 Å². The monoisotopic (exact) mass is 288 g/mol. The van der Waals surface area contributed by atoms with E-state index in [1.807, 2.05) is 13.0 Å². The van der Waals surface area contributed by atoms with E-state index in [-0.39, 0.29) is 5.91 Å². The van der Waals surface area contributed by atoms with E-state index in [0.717, 1.165) is 5.56 Å². The van der Waals surface area contributed by atoms with Crippen molar-refractivity contribution in [1.82, 2.24) is 10.9 Å². The number of halogens is 1. The number of hydrazine groups is 1. The fourth-order valence-electron chi connectivity index (χ4n) is 1.58. The lowest BCUT2D eigenvalue weighted by molar-refractivity contribution is 0.0846. The van der Waals surface area contributed by atoms with E-state index in [0.29, 0.717) is 16.1 Å². The summed E-state index contributed by atoms with van der Waals surface area (Å²) >= 11 is 5.95. The molecule has 2 rings (SSSR count). The van der Waals surface area contributed by atoms with Crippen LogP contribution in [0.15, 0.2) is 48.5 Å². The first-order valence-electron chi connectivity index (χ1n) is 6.00. The van der Waals surface area contributed by atoms with E-state index >= 15 is 0 Å².